The molecule has 1 heterocycles. The van der Waals surface area contributed by atoms with E-state index in [1.54, 1.807) is 10.9 Å². The zero-order chi connectivity index (χ0) is 9.84. The number of aromatic nitrogens is 2. The number of hydrogen-bond donors (Lipinski definition) is 1. The van der Waals surface area contributed by atoms with Gasteiger partial charge < -0.3 is 15.4 Å². The molecule has 0 saturated heterocycles. The third-order valence-electron chi connectivity index (χ3n) is 1.60. The second kappa shape index (κ2) is 4.13. The number of ether oxygens (including phenoxy) is 1. The van der Waals surface area contributed by atoms with Crippen LogP contribution in [0.1, 0.15) is 0 Å². The summed E-state index contributed by atoms with van der Waals surface area (Å²) in [6.07, 6.45) is 1.73. The molecule has 1 aromatic heterocycles. The van der Waals surface area contributed by atoms with Crippen LogP contribution in [0.25, 0.3) is 0 Å². The van der Waals surface area contributed by atoms with E-state index < -0.39 is 0 Å². The molecular formula is C8H16N4O. The number of aryl methyl sites for hydroxylation is 1. The number of likely N-dealkylation sites (N-methyl/N-ethyl adjacent to an activating group) is 1. The van der Waals surface area contributed by atoms with Gasteiger partial charge in [-0.25, -0.2) is 0 Å². The molecule has 1 aromatic rings. The summed E-state index contributed by atoms with van der Waals surface area (Å²) in [4.78, 5) is 2.04. The maximum absolute atomic E-state index is 5.64. The third-order valence-corrected chi connectivity index (χ3v) is 1.60. The number of nitrogen functional groups attached to an aromatic ring is 1. The third kappa shape index (κ3) is 2.95. The van der Waals surface area contributed by atoms with Crippen LogP contribution in [0.4, 0.5) is 5.69 Å². The van der Waals surface area contributed by atoms with E-state index in [2.05, 4.69) is 5.10 Å². The highest BCUT2D eigenvalue weighted by atomic mass is 16.5. The Hall–Kier alpha value is -1.23. The van der Waals surface area contributed by atoms with Crippen molar-refractivity contribution in [2.75, 3.05) is 33.0 Å². The molecule has 0 fully saturated rings. The van der Waals surface area contributed by atoms with Crippen molar-refractivity contribution in [3.63, 3.8) is 0 Å². The SMILES string of the molecule is CN(C)CCOc1nn(C)cc1N. The summed E-state index contributed by atoms with van der Waals surface area (Å²) in [5.74, 6) is 0.518. The lowest BCUT2D eigenvalue weighted by Crippen LogP contribution is -2.19. The summed E-state index contributed by atoms with van der Waals surface area (Å²) in [5, 5.41) is 4.06. The normalized spacial score (nSPS) is 10.8. The van der Waals surface area contributed by atoms with Crippen molar-refractivity contribution in [2.45, 2.75) is 0 Å². The van der Waals surface area contributed by atoms with Crippen LogP contribution in [0.5, 0.6) is 5.88 Å². The highest BCUT2D eigenvalue weighted by Gasteiger charge is 2.04. The van der Waals surface area contributed by atoms with Crippen LogP contribution in [-0.4, -0.2) is 41.9 Å². The van der Waals surface area contributed by atoms with E-state index >= 15 is 0 Å². The molecule has 0 bridgehead atoms. The van der Waals surface area contributed by atoms with E-state index in [1.807, 2.05) is 26.0 Å². The molecule has 0 aromatic carbocycles. The quantitative estimate of drug-likeness (QED) is 0.712. The van der Waals surface area contributed by atoms with Gasteiger partial charge in [0.1, 0.15) is 12.3 Å². The monoisotopic (exact) mass is 184 g/mol. The van der Waals surface area contributed by atoms with Gasteiger partial charge in [0.15, 0.2) is 0 Å². The fourth-order valence-corrected chi connectivity index (χ4v) is 0.923. The molecule has 5 nitrogen and oxygen atoms in total. The van der Waals surface area contributed by atoms with E-state index in [0.717, 1.165) is 6.54 Å². The van der Waals surface area contributed by atoms with Gasteiger partial charge >= 0.3 is 0 Å². The van der Waals surface area contributed by atoms with Crippen molar-refractivity contribution >= 4 is 5.69 Å². The molecule has 0 amide bonds. The molecule has 0 aliphatic rings. The van der Waals surface area contributed by atoms with Crippen molar-refractivity contribution in [3.8, 4) is 5.88 Å². The first kappa shape index (κ1) is 9.85. The van der Waals surface area contributed by atoms with Gasteiger partial charge in [-0.15, -0.1) is 5.10 Å². The van der Waals surface area contributed by atoms with Crippen LogP contribution in [-0.2, 0) is 7.05 Å². The summed E-state index contributed by atoms with van der Waals surface area (Å²) < 4.78 is 7.01. The average molecular weight is 184 g/mol. The molecule has 2 N–H and O–H groups in total. The Morgan fingerprint density at radius 1 is 1.62 bits per heavy atom. The first-order valence-electron chi connectivity index (χ1n) is 4.16. The lowest BCUT2D eigenvalue weighted by Gasteiger charge is -2.09. The topological polar surface area (TPSA) is 56.3 Å². The van der Waals surface area contributed by atoms with Crippen molar-refractivity contribution in [1.82, 2.24) is 14.7 Å². The zero-order valence-electron chi connectivity index (χ0n) is 8.32. The molecular weight excluding hydrogens is 168 g/mol. The van der Waals surface area contributed by atoms with Crippen molar-refractivity contribution in [3.05, 3.63) is 6.20 Å². The van der Waals surface area contributed by atoms with Gasteiger partial charge in [0.25, 0.3) is 5.88 Å². The fraction of sp³-hybridized carbons (Fsp3) is 0.625. The first-order chi connectivity index (χ1) is 6.09. The second-order valence-electron chi connectivity index (χ2n) is 3.22. The van der Waals surface area contributed by atoms with Gasteiger partial charge in [0, 0.05) is 13.6 Å². The van der Waals surface area contributed by atoms with E-state index in [-0.39, 0.29) is 0 Å². The first-order valence-corrected chi connectivity index (χ1v) is 4.16. The smallest absolute Gasteiger partial charge is 0.256 e. The Bertz CT molecular complexity index is 269. The number of rotatable bonds is 4. The molecule has 0 radical (unpaired) electrons. The number of nitrogens with two attached hydrogens (primary N) is 1. The van der Waals surface area contributed by atoms with Gasteiger partial charge in [-0.05, 0) is 14.1 Å². The summed E-state index contributed by atoms with van der Waals surface area (Å²) in [6.45, 7) is 1.46. The van der Waals surface area contributed by atoms with Gasteiger partial charge in [0.05, 0.1) is 6.20 Å². The molecule has 0 spiro atoms. The minimum atomic E-state index is 0.518. The van der Waals surface area contributed by atoms with E-state index in [4.69, 9.17) is 10.5 Å². The minimum absolute atomic E-state index is 0.518. The lowest BCUT2D eigenvalue weighted by atomic mass is 10.5. The van der Waals surface area contributed by atoms with Crippen molar-refractivity contribution in [1.29, 1.82) is 0 Å². The Labute approximate surface area is 78.1 Å². The Kier molecular flexibility index (Phi) is 3.13. The largest absolute Gasteiger partial charge is 0.474 e. The van der Waals surface area contributed by atoms with Gasteiger partial charge in [0.2, 0.25) is 0 Å². The number of hydrogen-bond acceptors (Lipinski definition) is 4. The maximum Gasteiger partial charge on any atom is 0.256 e. The molecule has 0 saturated carbocycles. The Balaban J connectivity index is 2.40. The molecule has 0 unspecified atom stereocenters. The van der Waals surface area contributed by atoms with Crippen molar-refractivity contribution in [2.24, 2.45) is 7.05 Å². The summed E-state index contributed by atoms with van der Waals surface area (Å²) in [5.41, 5.74) is 6.22. The molecule has 0 aliphatic heterocycles. The zero-order valence-corrected chi connectivity index (χ0v) is 8.32. The second-order valence-corrected chi connectivity index (χ2v) is 3.22. The lowest BCUT2D eigenvalue weighted by molar-refractivity contribution is 0.253. The molecule has 0 atom stereocenters. The summed E-state index contributed by atoms with van der Waals surface area (Å²) >= 11 is 0. The van der Waals surface area contributed by atoms with Crippen LogP contribution >= 0.6 is 0 Å². The van der Waals surface area contributed by atoms with Crippen LogP contribution < -0.4 is 10.5 Å². The van der Waals surface area contributed by atoms with Gasteiger partial charge in [-0.3, -0.25) is 4.68 Å². The molecule has 1 rings (SSSR count). The van der Waals surface area contributed by atoms with Gasteiger partial charge in [-0.2, -0.15) is 0 Å². The maximum atomic E-state index is 5.64. The Morgan fingerprint density at radius 2 is 2.31 bits per heavy atom. The minimum Gasteiger partial charge on any atom is -0.474 e. The van der Waals surface area contributed by atoms with Gasteiger partial charge in [-0.1, -0.05) is 0 Å². The van der Waals surface area contributed by atoms with E-state index in [0.29, 0.717) is 18.2 Å². The van der Waals surface area contributed by atoms with Crippen molar-refractivity contribution < 1.29 is 4.74 Å². The summed E-state index contributed by atoms with van der Waals surface area (Å²) in [7, 11) is 5.80. The van der Waals surface area contributed by atoms with Crippen LogP contribution in [0.15, 0.2) is 6.20 Å². The standard InChI is InChI=1S/C8H16N4O/c1-11(2)4-5-13-8-7(9)6-12(3)10-8/h6H,4-5,9H2,1-3H3. The van der Waals surface area contributed by atoms with E-state index in [1.165, 1.54) is 0 Å². The van der Waals surface area contributed by atoms with E-state index in [9.17, 15) is 0 Å². The number of anilines is 1. The number of nitrogens with zero attached hydrogens (tertiary/aromatic N) is 3. The highest BCUT2D eigenvalue weighted by molar-refractivity contribution is 5.45. The fourth-order valence-electron chi connectivity index (χ4n) is 0.923. The van der Waals surface area contributed by atoms with Crippen LogP contribution in [0.3, 0.4) is 0 Å². The van der Waals surface area contributed by atoms with Crippen LogP contribution in [0.2, 0.25) is 0 Å². The predicted octanol–water partition coefficient (Wildman–Crippen LogP) is -0.0573. The molecule has 0 aliphatic carbocycles. The molecule has 5 heteroatoms. The molecule has 13 heavy (non-hydrogen) atoms. The highest BCUT2D eigenvalue weighted by Crippen LogP contribution is 2.16. The predicted molar refractivity (Wildman–Crippen MR) is 51.7 cm³/mol. The average Bonchev–Trinajstić information content (AvgIpc) is 2.29. The molecule has 74 valence electrons. The Morgan fingerprint density at radius 3 is 2.77 bits per heavy atom. The van der Waals surface area contributed by atoms with Crippen LogP contribution in [0, 0.1) is 0 Å². The summed E-state index contributed by atoms with van der Waals surface area (Å²) in [6, 6.07) is 0.